The SMILES string of the molecule is CCC(c1nc2c3sc4nc(C)cc(C)c4c3ncn2n1)n1cc([N+](=O)[O-])cn1. The zero-order valence-corrected chi connectivity index (χ0v) is 16.7. The first-order chi connectivity index (χ1) is 14.0. The molecular formula is C18H16N8O2S. The molecule has 5 heterocycles. The van der Waals surface area contributed by atoms with Crippen LogP contribution in [0.5, 0.6) is 0 Å². The van der Waals surface area contributed by atoms with E-state index in [0.29, 0.717) is 17.9 Å². The van der Waals surface area contributed by atoms with Crippen LogP contribution in [0.1, 0.15) is 36.5 Å². The second-order valence-electron chi connectivity index (χ2n) is 6.88. The van der Waals surface area contributed by atoms with Crippen molar-refractivity contribution in [2.24, 2.45) is 0 Å². The van der Waals surface area contributed by atoms with Crippen molar-refractivity contribution < 1.29 is 4.92 Å². The molecule has 0 amide bonds. The first-order valence-corrected chi connectivity index (χ1v) is 9.88. The van der Waals surface area contributed by atoms with Crippen LogP contribution in [0.2, 0.25) is 0 Å². The fourth-order valence-corrected chi connectivity index (χ4v) is 4.83. The van der Waals surface area contributed by atoms with Crippen LogP contribution in [-0.4, -0.2) is 39.3 Å². The quantitative estimate of drug-likeness (QED) is 0.329. The summed E-state index contributed by atoms with van der Waals surface area (Å²) in [4.78, 5) is 25.5. The van der Waals surface area contributed by atoms with Gasteiger partial charge in [-0.1, -0.05) is 6.92 Å². The average molecular weight is 408 g/mol. The molecule has 146 valence electrons. The molecule has 5 rings (SSSR count). The van der Waals surface area contributed by atoms with Crippen molar-refractivity contribution >= 4 is 43.1 Å². The lowest BCUT2D eigenvalue weighted by molar-refractivity contribution is -0.385. The molecule has 29 heavy (non-hydrogen) atoms. The lowest BCUT2D eigenvalue weighted by Crippen LogP contribution is -2.12. The highest BCUT2D eigenvalue weighted by molar-refractivity contribution is 7.26. The standard InChI is InChI=1S/C18H16N8O2S/c1-4-12(24-7-11(6-20-24)26(27)28)16-22-17-15-14(19-8-25(17)23-16)13-9(2)5-10(3)21-18(13)29-15/h5-8,12H,4H2,1-3H3. The van der Waals surface area contributed by atoms with Gasteiger partial charge in [-0.25, -0.2) is 19.5 Å². The third kappa shape index (κ3) is 2.65. The number of thiophene rings is 1. The zero-order chi connectivity index (χ0) is 20.3. The Morgan fingerprint density at radius 1 is 1.31 bits per heavy atom. The number of nitro groups is 1. The third-order valence-corrected chi connectivity index (χ3v) is 5.98. The van der Waals surface area contributed by atoms with Gasteiger partial charge in [0.25, 0.3) is 0 Å². The maximum Gasteiger partial charge on any atom is 0.307 e. The molecule has 10 nitrogen and oxygen atoms in total. The number of fused-ring (bicyclic) bond motifs is 5. The van der Waals surface area contributed by atoms with Gasteiger partial charge in [-0.15, -0.1) is 16.4 Å². The second kappa shape index (κ2) is 6.27. The van der Waals surface area contributed by atoms with E-state index in [4.69, 9.17) is 4.98 Å². The first-order valence-electron chi connectivity index (χ1n) is 9.06. The van der Waals surface area contributed by atoms with Gasteiger partial charge in [0.05, 0.1) is 10.4 Å². The summed E-state index contributed by atoms with van der Waals surface area (Å²) in [6.07, 6.45) is 4.93. The average Bonchev–Trinajstić information content (AvgIpc) is 3.37. The van der Waals surface area contributed by atoms with Gasteiger partial charge >= 0.3 is 5.69 Å². The normalized spacial score (nSPS) is 12.9. The topological polar surface area (TPSA) is 117 Å². The van der Waals surface area contributed by atoms with Crippen LogP contribution in [0.3, 0.4) is 0 Å². The molecule has 0 aliphatic rings. The molecule has 1 unspecified atom stereocenters. The van der Waals surface area contributed by atoms with Crippen molar-refractivity contribution in [2.45, 2.75) is 33.2 Å². The Labute approximate surface area is 168 Å². The predicted molar refractivity (Wildman–Crippen MR) is 108 cm³/mol. The number of hydrogen-bond acceptors (Lipinski definition) is 8. The summed E-state index contributed by atoms with van der Waals surface area (Å²) in [5, 5.41) is 20.7. The Morgan fingerprint density at radius 3 is 2.86 bits per heavy atom. The molecule has 0 fully saturated rings. The molecule has 1 atom stereocenters. The number of aryl methyl sites for hydroxylation is 2. The summed E-state index contributed by atoms with van der Waals surface area (Å²) in [7, 11) is 0. The van der Waals surface area contributed by atoms with Crippen molar-refractivity contribution in [1.82, 2.24) is 34.3 Å². The largest absolute Gasteiger partial charge is 0.307 e. The van der Waals surface area contributed by atoms with E-state index in [1.54, 1.807) is 22.2 Å². The van der Waals surface area contributed by atoms with Crippen LogP contribution in [0, 0.1) is 24.0 Å². The Hall–Kier alpha value is -3.47. The van der Waals surface area contributed by atoms with Crippen LogP contribution in [0.25, 0.3) is 26.1 Å². The molecule has 0 aromatic carbocycles. The van der Waals surface area contributed by atoms with E-state index in [9.17, 15) is 10.1 Å². The zero-order valence-electron chi connectivity index (χ0n) is 15.9. The molecule has 0 spiro atoms. The molecule has 5 aromatic heterocycles. The third-order valence-electron chi connectivity index (χ3n) is 4.91. The molecule has 0 saturated carbocycles. The Kier molecular flexibility index (Phi) is 3.81. The minimum Gasteiger partial charge on any atom is -0.258 e. The fourth-order valence-electron chi connectivity index (χ4n) is 3.61. The lowest BCUT2D eigenvalue weighted by atomic mass is 10.1. The van der Waals surface area contributed by atoms with Crippen LogP contribution in [-0.2, 0) is 0 Å². The molecule has 0 aliphatic carbocycles. The lowest BCUT2D eigenvalue weighted by Gasteiger charge is -2.10. The van der Waals surface area contributed by atoms with Gasteiger partial charge in [-0.05, 0) is 31.9 Å². The molecule has 0 saturated heterocycles. The monoisotopic (exact) mass is 408 g/mol. The maximum atomic E-state index is 11.0. The van der Waals surface area contributed by atoms with Gasteiger partial charge in [0.1, 0.15) is 34.3 Å². The van der Waals surface area contributed by atoms with Crippen molar-refractivity contribution in [1.29, 1.82) is 0 Å². The predicted octanol–water partition coefficient (Wildman–Crippen LogP) is 3.61. The molecule has 0 bridgehead atoms. The van der Waals surface area contributed by atoms with E-state index < -0.39 is 4.92 Å². The molecule has 5 aromatic rings. The molecule has 0 radical (unpaired) electrons. The van der Waals surface area contributed by atoms with Crippen LogP contribution >= 0.6 is 11.3 Å². The Balaban J connectivity index is 1.70. The Morgan fingerprint density at radius 2 is 2.14 bits per heavy atom. The minimum absolute atomic E-state index is 0.0577. The second-order valence-corrected chi connectivity index (χ2v) is 7.88. The summed E-state index contributed by atoms with van der Waals surface area (Å²) in [6, 6.07) is 1.74. The molecule has 0 N–H and O–H groups in total. The molecule has 11 heteroatoms. The first kappa shape index (κ1) is 17.6. The maximum absolute atomic E-state index is 11.0. The van der Waals surface area contributed by atoms with Crippen LogP contribution in [0.15, 0.2) is 24.8 Å². The van der Waals surface area contributed by atoms with E-state index in [-0.39, 0.29) is 11.7 Å². The van der Waals surface area contributed by atoms with Gasteiger partial charge in [-0.2, -0.15) is 5.10 Å². The van der Waals surface area contributed by atoms with Gasteiger partial charge in [0, 0.05) is 11.1 Å². The number of hydrogen-bond donors (Lipinski definition) is 0. The van der Waals surface area contributed by atoms with Crippen molar-refractivity contribution in [3.8, 4) is 0 Å². The van der Waals surface area contributed by atoms with Crippen LogP contribution in [0.4, 0.5) is 5.69 Å². The summed E-state index contributed by atoms with van der Waals surface area (Å²) < 4.78 is 4.11. The highest BCUT2D eigenvalue weighted by Crippen LogP contribution is 2.36. The summed E-state index contributed by atoms with van der Waals surface area (Å²) in [5.74, 6) is 0.540. The van der Waals surface area contributed by atoms with Gasteiger partial charge in [-0.3, -0.25) is 14.8 Å². The number of rotatable bonds is 4. The molecule has 0 aliphatic heterocycles. The highest BCUT2D eigenvalue weighted by Gasteiger charge is 2.23. The Bertz CT molecular complexity index is 1420. The highest BCUT2D eigenvalue weighted by atomic mass is 32.1. The van der Waals surface area contributed by atoms with E-state index in [0.717, 1.165) is 31.7 Å². The van der Waals surface area contributed by atoms with Crippen molar-refractivity contribution in [3.63, 3.8) is 0 Å². The van der Waals surface area contributed by atoms with Crippen LogP contribution < -0.4 is 0 Å². The molecular weight excluding hydrogens is 392 g/mol. The van der Waals surface area contributed by atoms with E-state index in [1.807, 2.05) is 19.9 Å². The summed E-state index contributed by atoms with van der Waals surface area (Å²) in [5.41, 5.74) is 3.60. The minimum atomic E-state index is -0.463. The smallest absolute Gasteiger partial charge is 0.258 e. The summed E-state index contributed by atoms with van der Waals surface area (Å²) >= 11 is 1.55. The fraction of sp³-hybridized carbons (Fsp3) is 0.278. The van der Waals surface area contributed by atoms with Crippen molar-refractivity contribution in [2.75, 3.05) is 0 Å². The van der Waals surface area contributed by atoms with Gasteiger partial charge < -0.3 is 0 Å². The van der Waals surface area contributed by atoms with E-state index in [1.165, 1.54) is 17.1 Å². The number of pyridine rings is 1. The van der Waals surface area contributed by atoms with Gasteiger partial charge in [0.2, 0.25) is 0 Å². The van der Waals surface area contributed by atoms with Crippen molar-refractivity contribution in [3.05, 3.63) is 52.0 Å². The van der Waals surface area contributed by atoms with E-state index in [2.05, 4.69) is 27.1 Å². The van der Waals surface area contributed by atoms with E-state index >= 15 is 0 Å². The summed E-state index contributed by atoms with van der Waals surface area (Å²) in [6.45, 7) is 6.00. The number of nitrogens with zero attached hydrogens (tertiary/aromatic N) is 8. The number of aromatic nitrogens is 7. The van der Waals surface area contributed by atoms with Gasteiger partial charge in [0.15, 0.2) is 11.5 Å².